The minimum Gasteiger partial charge on any atom is -0.478 e. The van der Waals surface area contributed by atoms with Crippen LogP contribution in [0.1, 0.15) is 26.4 Å². The number of aromatic amines is 1. The number of anilines is 1. The number of aryl methyl sites for hydroxylation is 1. The molecule has 3 N–H and O–H groups in total. The van der Waals surface area contributed by atoms with Crippen molar-refractivity contribution in [1.29, 1.82) is 0 Å². The van der Waals surface area contributed by atoms with E-state index in [0.29, 0.717) is 5.56 Å². The molecule has 1 aromatic heterocycles. The Kier molecular flexibility index (Phi) is 3.09. The standard InChI is InChI=1S/C12H11N3O3/c1-7-3-2-4-8(10(7)12(17)18)14-11(16)9-5-6-13-15-9/h2-6H,1H3,(H,13,15)(H,14,16)(H,17,18). The van der Waals surface area contributed by atoms with E-state index in [4.69, 9.17) is 5.11 Å². The molecule has 1 heterocycles. The summed E-state index contributed by atoms with van der Waals surface area (Å²) in [5.41, 5.74) is 1.21. The molecule has 0 aliphatic heterocycles. The number of hydrogen-bond donors (Lipinski definition) is 3. The highest BCUT2D eigenvalue weighted by Gasteiger charge is 2.15. The fourth-order valence-corrected chi connectivity index (χ4v) is 1.63. The van der Waals surface area contributed by atoms with Gasteiger partial charge in [-0.15, -0.1) is 0 Å². The summed E-state index contributed by atoms with van der Waals surface area (Å²) in [6.07, 6.45) is 1.45. The molecule has 0 unspecified atom stereocenters. The SMILES string of the molecule is Cc1cccc(NC(=O)c2ccn[nH]2)c1C(=O)O. The number of carbonyl (C=O) groups excluding carboxylic acids is 1. The first kappa shape index (κ1) is 11.8. The number of H-pyrrole nitrogens is 1. The summed E-state index contributed by atoms with van der Waals surface area (Å²) in [6.45, 7) is 1.68. The second-order valence-corrected chi connectivity index (χ2v) is 3.73. The summed E-state index contributed by atoms with van der Waals surface area (Å²) in [5.74, 6) is -1.51. The van der Waals surface area contributed by atoms with Crippen LogP contribution in [0.5, 0.6) is 0 Å². The van der Waals surface area contributed by atoms with Crippen LogP contribution in [0.15, 0.2) is 30.5 Å². The summed E-state index contributed by atoms with van der Waals surface area (Å²) in [4.78, 5) is 22.9. The van der Waals surface area contributed by atoms with Crippen molar-refractivity contribution in [1.82, 2.24) is 10.2 Å². The van der Waals surface area contributed by atoms with Gasteiger partial charge < -0.3 is 10.4 Å². The summed E-state index contributed by atoms with van der Waals surface area (Å²) in [6, 6.07) is 6.41. The van der Waals surface area contributed by atoms with E-state index in [-0.39, 0.29) is 16.9 Å². The normalized spacial score (nSPS) is 10.1. The van der Waals surface area contributed by atoms with E-state index in [0.717, 1.165) is 0 Å². The molecular formula is C12H11N3O3. The molecule has 0 aliphatic rings. The van der Waals surface area contributed by atoms with Gasteiger partial charge in [0.05, 0.1) is 11.3 Å². The number of hydrogen-bond acceptors (Lipinski definition) is 3. The minimum absolute atomic E-state index is 0.0883. The molecule has 1 amide bonds. The Morgan fingerprint density at radius 3 is 2.72 bits per heavy atom. The predicted molar refractivity (Wildman–Crippen MR) is 64.7 cm³/mol. The summed E-state index contributed by atoms with van der Waals surface area (Å²) >= 11 is 0. The average molecular weight is 245 g/mol. The van der Waals surface area contributed by atoms with Gasteiger partial charge in [-0.3, -0.25) is 9.89 Å². The molecular weight excluding hydrogens is 234 g/mol. The predicted octanol–water partition coefficient (Wildman–Crippen LogP) is 1.67. The molecule has 1 aromatic carbocycles. The largest absolute Gasteiger partial charge is 0.478 e. The van der Waals surface area contributed by atoms with Gasteiger partial charge in [-0.1, -0.05) is 12.1 Å². The van der Waals surface area contributed by atoms with Crippen LogP contribution in [-0.4, -0.2) is 27.2 Å². The van der Waals surface area contributed by atoms with Crippen LogP contribution in [0.2, 0.25) is 0 Å². The van der Waals surface area contributed by atoms with Crippen molar-refractivity contribution >= 4 is 17.6 Å². The van der Waals surface area contributed by atoms with Crippen molar-refractivity contribution in [2.45, 2.75) is 6.92 Å². The third-order valence-electron chi connectivity index (χ3n) is 2.48. The Bertz CT molecular complexity index is 591. The van der Waals surface area contributed by atoms with Gasteiger partial charge in [-0.25, -0.2) is 4.79 Å². The lowest BCUT2D eigenvalue weighted by Gasteiger charge is -2.09. The molecule has 0 radical (unpaired) electrons. The zero-order valence-corrected chi connectivity index (χ0v) is 9.60. The van der Waals surface area contributed by atoms with Crippen molar-refractivity contribution in [2.24, 2.45) is 0 Å². The molecule has 0 aliphatic carbocycles. The van der Waals surface area contributed by atoms with Gasteiger partial charge in [0.15, 0.2) is 0 Å². The third-order valence-corrected chi connectivity index (χ3v) is 2.48. The number of nitrogens with zero attached hydrogens (tertiary/aromatic N) is 1. The fourth-order valence-electron chi connectivity index (χ4n) is 1.63. The van der Waals surface area contributed by atoms with E-state index in [1.54, 1.807) is 25.1 Å². The lowest BCUT2D eigenvalue weighted by Crippen LogP contribution is -2.16. The van der Waals surface area contributed by atoms with Crippen molar-refractivity contribution in [3.63, 3.8) is 0 Å². The topological polar surface area (TPSA) is 95.1 Å². The van der Waals surface area contributed by atoms with Crippen molar-refractivity contribution in [3.05, 3.63) is 47.3 Å². The number of nitrogens with one attached hydrogen (secondary N) is 2. The van der Waals surface area contributed by atoms with Crippen LogP contribution in [0.3, 0.4) is 0 Å². The van der Waals surface area contributed by atoms with E-state index in [1.165, 1.54) is 12.3 Å². The highest BCUT2D eigenvalue weighted by molar-refractivity contribution is 6.07. The number of carboxylic acids is 1. The lowest BCUT2D eigenvalue weighted by molar-refractivity contribution is 0.0697. The van der Waals surface area contributed by atoms with Gasteiger partial charge in [-0.2, -0.15) is 5.10 Å². The van der Waals surface area contributed by atoms with Gasteiger partial charge in [-0.05, 0) is 24.6 Å². The van der Waals surface area contributed by atoms with E-state index in [1.807, 2.05) is 0 Å². The number of amides is 1. The second kappa shape index (κ2) is 4.70. The van der Waals surface area contributed by atoms with Gasteiger partial charge in [0.2, 0.25) is 0 Å². The van der Waals surface area contributed by atoms with E-state index < -0.39 is 11.9 Å². The van der Waals surface area contributed by atoms with Crippen molar-refractivity contribution < 1.29 is 14.7 Å². The first-order valence-electron chi connectivity index (χ1n) is 5.23. The van der Waals surface area contributed by atoms with Gasteiger partial charge in [0.1, 0.15) is 5.69 Å². The van der Waals surface area contributed by atoms with Crippen LogP contribution < -0.4 is 5.32 Å². The quantitative estimate of drug-likeness (QED) is 0.766. The van der Waals surface area contributed by atoms with Crippen molar-refractivity contribution in [3.8, 4) is 0 Å². The Morgan fingerprint density at radius 2 is 2.11 bits per heavy atom. The molecule has 6 heteroatoms. The van der Waals surface area contributed by atoms with Gasteiger partial charge in [0.25, 0.3) is 5.91 Å². The molecule has 2 aromatic rings. The van der Waals surface area contributed by atoms with E-state index in [2.05, 4.69) is 15.5 Å². The second-order valence-electron chi connectivity index (χ2n) is 3.73. The number of carboxylic acid groups (broad SMARTS) is 1. The number of aromatic nitrogens is 2. The number of carbonyl (C=O) groups is 2. The van der Waals surface area contributed by atoms with Crippen LogP contribution in [-0.2, 0) is 0 Å². The van der Waals surface area contributed by atoms with Crippen LogP contribution in [0.4, 0.5) is 5.69 Å². The maximum absolute atomic E-state index is 11.8. The zero-order chi connectivity index (χ0) is 13.1. The summed E-state index contributed by atoms with van der Waals surface area (Å²) in [5, 5.41) is 17.8. The molecule has 0 saturated heterocycles. The van der Waals surface area contributed by atoms with Crippen molar-refractivity contribution in [2.75, 3.05) is 5.32 Å². The maximum atomic E-state index is 11.8. The molecule has 18 heavy (non-hydrogen) atoms. The van der Waals surface area contributed by atoms with Gasteiger partial charge >= 0.3 is 5.97 Å². The molecule has 0 saturated carbocycles. The molecule has 6 nitrogen and oxygen atoms in total. The van der Waals surface area contributed by atoms with Crippen LogP contribution in [0.25, 0.3) is 0 Å². The lowest BCUT2D eigenvalue weighted by atomic mass is 10.1. The average Bonchev–Trinajstić information content (AvgIpc) is 2.81. The molecule has 0 bridgehead atoms. The Labute approximate surface area is 103 Å². The Balaban J connectivity index is 2.32. The summed E-state index contributed by atoms with van der Waals surface area (Å²) in [7, 11) is 0. The first-order valence-corrected chi connectivity index (χ1v) is 5.23. The summed E-state index contributed by atoms with van der Waals surface area (Å²) < 4.78 is 0. The van der Waals surface area contributed by atoms with E-state index >= 15 is 0 Å². The highest BCUT2D eigenvalue weighted by atomic mass is 16.4. The number of benzene rings is 1. The minimum atomic E-state index is -1.08. The molecule has 0 fully saturated rings. The Hall–Kier alpha value is -2.63. The molecule has 92 valence electrons. The zero-order valence-electron chi connectivity index (χ0n) is 9.60. The van der Waals surface area contributed by atoms with Gasteiger partial charge in [0, 0.05) is 6.20 Å². The number of aromatic carboxylic acids is 1. The monoisotopic (exact) mass is 245 g/mol. The van der Waals surface area contributed by atoms with E-state index in [9.17, 15) is 9.59 Å². The maximum Gasteiger partial charge on any atom is 0.338 e. The van der Waals surface area contributed by atoms with Crippen LogP contribution in [0, 0.1) is 6.92 Å². The first-order chi connectivity index (χ1) is 8.59. The highest BCUT2D eigenvalue weighted by Crippen LogP contribution is 2.20. The van der Waals surface area contributed by atoms with Crippen LogP contribution >= 0.6 is 0 Å². The fraction of sp³-hybridized carbons (Fsp3) is 0.0833. The molecule has 0 spiro atoms. The molecule has 2 rings (SSSR count). The smallest absolute Gasteiger partial charge is 0.338 e. The third kappa shape index (κ3) is 2.22. The Morgan fingerprint density at radius 1 is 1.33 bits per heavy atom. The molecule has 0 atom stereocenters. The number of rotatable bonds is 3.